The highest BCUT2D eigenvalue weighted by Gasteiger charge is 2.20. The van der Waals surface area contributed by atoms with E-state index in [1.165, 1.54) is 0 Å². The van der Waals surface area contributed by atoms with Crippen LogP contribution < -0.4 is 15.7 Å². The Morgan fingerprint density at radius 2 is 1.85 bits per heavy atom. The fourth-order valence-electron chi connectivity index (χ4n) is 4.36. The van der Waals surface area contributed by atoms with Crippen molar-refractivity contribution in [2.45, 2.75) is 45.6 Å². The van der Waals surface area contributed by atoms with Crippen molar-refractivity contribution in [1.82, 2.24) is 10.2 Å². The number of carbonyl (C=O) groups is 1. The summed E-state index contributed by atoms with van der Waals surface area (Å²) < 4.78 is 11.3. The normalized spacial score (nSPS) is 15.0. The zero-order chi connectivity index (χ0) is 23.2. The van der Waals surface area contributed by atoms with Crippen LogP contribution >= 0.6 is 0 Å². The number of benzene rings is 2. The first-order valence-electron chi connectivity index (χ1n) is 11.7. The lowest BCUT2D eigenvalue weighted by Gasteiger charge is -2.32. The summed E-state index contributed by atoms with van der Waals surface area (Å²) in [5.41, 5.74) is 2.92. The van der Waals surface area contributed by atoms with E-state index in [9.17, 15) is 9.59 Å². The molecule has 1 aromatic heterocycles. The first-order chi connectivity index (χ1) is 16.0. The Labute approximate surface area is 194 Å². The van der Waals surface area contributed by atoms with Crippen LogP contribution in [0.25, 0.3) is 11.0 Å². The van der Waals surface area contributed by atoms with Gasteiger partial charge in [0.05, 0.1) is 13.0 Å². The van der Waals surface area contributed by atoms with Gasteiger partial charge in [-0.05, 0) is 56.4 Å². The second-order valence-corrected chi connectivity index (χ2v) is 8.85. The van der Waals surface area contributed by atoms with Crippen LogP contribution in [-0.2, 0) is 11.2 Å². The maximum Gasteiger partial charge on any atom is 0.339 e. The predicted octanol–water partition coefficient (Wildman–Crippen LogP) is 4.00. The van der Waals surface area contributed by atoms with Crippen molar-refractivity contribution in [3.05, 3.63) is 75.6 Å². The van der Waals surface area contributed by atoms with Crippen LogP contribution in [0.2, 0.25) is 0 Å². The highest BCUT2D eigenvalue weighted by molar-refractivity contribution is 5.82. The Bertz CT molecular complexity index is 1150. The fourth-order valence-corrected chi connectivity index (χ4v) is 4.36. The number of aryl methyl sites for hydroxylation is 1. The summed E-state index contributed by atoms with van der Waals surface area (Å²) in [4.78, 5) is 26.6. The minimum absolute atomic E-state index is 0.102. The van der Waals surface area contributed by atoms with Gasteiger partial charge in [0.15, 0.2) is 0 Å². The van der Waals surface area contributed by atoms with E-state index in [2.05, 4.69) is 10.2 Å². The van der Waals surface area contributed by atoms with E-state index in [4.69, 9.17) is 9.15 Å². The monoisotopic (exact) mass is 448 g/mol. The molecule has 3 aromatic rings. The Kier molecular flexibility index (Phi) is 7.45. The molecule has 1 fully saturated rings. The third kappa shape index (κ3) is 6.02. The molecule has 0 bridgehead atoms. The summed E-state index contributed by atoms with van der Waals surface area (Å²) in [7, 11) is 0. The number of fused-ring (bicyclic) bond motifs is 1. The quantitative estimate of drug-likeness (QED) is 0.417. The summed E-state index contributed by atoms with van der Waals surface area (Å²) in [6, 6.07) is 15.8. The summed E-state index contributed by atoms with van der Waals surface area (Å²) in [6.07, 6.45) is 3.31. The molecule has 2 aromatic carbocycles. The topological polar surface area (TPSA) is 71.8 Å². The number of rotatable bonds is 8. The number of likely N-dealkylation sites (tertiary alicyclic amines) is 1. The molecule has 1 amide bonds. The van der Waals surface area contributed by atoms with Crippen LogP contribution in [0.15, 0.2) is 57.7 Å². The van der Waals surface area contributed by atoms with E-state index < -0.39 is 0 Å². The number of amides is 1. The molecule has 0 radical (unpaired) electrons. The molecule has 0 aliphatic carbocycles. The van der Waals surface area contributed by atoms with Crippen LogP contribution in [-0.4, -0.2) is 43.1 Å². The van der Waals surface area contributed by atoms with Crippen LogP contribution in [0.3, 0.4) is 0 Å². The number of nitrogens with one attached hydrogen (secondary N) is 1. The van der Waals surface area contributed by atoms with E-state index >= 15 is 0 Å². The summed E-state index contributed by atoms with van der Waals surface area (Å²) in [5.74, 6) is 0.818. The summed E-state index contributed by atoms with van der Waals surface area (Å²) in [6.45, 7) is 7.26. The molecule has 174 valence electrons. The van der Waals surface area contributed by atoms with Crippen molar-refractivity contribution < 1.29 is 13.9 Å². The SMILES string of the molecule is Cc1c(C)c2ccc(OCCCN3CCC(NC(=O)Cc4ccccc4)CC3)cc2oc1=O. The van der Waals surface area contributed by atoms with Gasteiger partial charge < -0.3 is 19.4 Å². The second kappa shape index (κ2) is 10.7. The Balaban J connectivity index is 1.17. The zero-order valence-electron chi connectivity index (χ0n) is 19.4. The smallest absolute Gasteiger partial charge is 0.339 e. The lowest BCUT2D eigenvalue weighted by atomic mass is 10.0. The molecular weight excluding hydrogens is 416 g/mol. The zero-order valence-corrected chi connectivity index (χ0v) is 19.4. The molecule has 1 N–H and O–H groups in total. The van der Waals surface area contributed by atoms with Gasteiger partial charge in [0.2, 0.25) is 5.91 Å². The molecule has 6 nitrogen and oxygen atoms in total. The number of piperidine rings is 1. The maximum absolute atomic E-state index is 12.3. The highest BCUT2D eigenvalue weighted by atomic mass is 16.5. The minimum Gasteiger partial charge on any atom is -0.493 e. The number of hydrogen-bond donors (Lipinski definition) is 1. The molecule has 0 unspecified atom stereocenters. The van der Waals surface area contributed by atoms with Crippen molar-refractivity contribution >= 4 is 16.9 Å². The van der Waals surface area contributed by atoms with Crippen molar-refractivity contribution in [2.75, 3.05) is 26.2 Å². The average Bonchev–Trinajstić information content (AvgIpc) is 2.82. The molecule has 1 aliphatic rings. The van der Waals surface area contributed by atoms with Gasteiger partial charge >= 0.3 is 5.63 Å². The lowest BCUT2D eigenvalue weighted by molar-refractivity contribution is -0.121. The van der Waals surface area contributed by atoms with Crippen molar-refractivity contribution in [3.8, 4) is 5.75 Å². The van der Waals surface area contributed by atoms with Gasteiger partial charge in [-0.1, -0.05) is 30.3 Å². The molecule has 1 aliphatic heterocycles. The van der Waals surface area contributed by atoms with E-state index in [1.807, 2.05) is 49.4 Å². The Morgan fingerprint density at radius 1 is 1.09 bits per heavy atom. The lowest BCUT2D eigenvalue weighted by Crippen LogP contribution is -2.45. The first kappa shape index (κ1) is 23.1. The maximum atomic E-state index is 12.3. The van der Waals surface area contributed by atoms with Gasteiger partial charge in [0.25, 0.3) is 0 Å². The van der Waals surface area contributed by atoms with Crippen LogP contribution in [0, 0.1) is 13.8 Å². The third-order valence-electron chi connectivity index (χ3n) is 6.48. The molecule has 1 saturated heterocycles. The molecule has 4 rings (SSSR count). The largest absolute Gasteiger partial charge is 0.493 e. The molecule has 0 atom stereocenters. The molecule has 2 heterocycles. The van der Waals surface area contributed by atoms with Gasteiger partial charge in [-0.25, -0.2) is 4.79 Å². The number of nitrogens with zero attached hydrogens (tertiary/aromatic N) is 1. The molecule has 33 heavy (non-hydrogen) atoms. The van der Waals surface area contributed by atoms with Gasteiger partial charge in [-0.15, -0.1) is 0 Å². The fraction of sp³-hybridized carbons (Fsp3) is 0.407. The number of ether oxygens (including phenoxy) is 1. The molecule has 6 heteroatoms. The van der Waals surface area contributed by atoms with E-state index in [-0.39, 0.29) is 17.6 Å². The standard InChI is InChI=1S/C27H32N2O4/c1-19-20(2)27(31)33-25-18-23(9-10-24(19)25)32-16-6-13-29-14-11-22(12-15-29)28-26(30)17-21-7-4-3-5-8-21/h3-5,7-10,18,22H,6,11-17H2,1-2H3,(H,28,30). The van der Waals surface area contributed by atoms with Gasteiger partial charge in [0.1, 0.15) is 11.3 Å². The first-order valence-corrected chi connectivity index (χ1v) is 11.7. The predicted molar refractivity (Wildman–Crippen MR) is 130 cm³/mol. The molecular formula is C27H32N2O4. The van der Waals surface area contributed by atoms with E-state index in [0.29, 0.717) is 29.9 Å². The van der Waals surface area contributed by atoms with E-state index in [0.717, 1.165) is 55.4 Å². The van der Waals surface area contributed by atoms with Crippen LogP contribution in [0.4, 0.5) is 0 Å². The number of hydrogen-bond acceptors (Lipinski definition) is 5. The third-order valence-corrected chi connectivity index (χ3v) is 6.48. The minimum atomic E-state index is -0.295. The van der Waals surface area contributed by atoms with Crippen molar-refractivity contribution in [2.24, 2.45) is 0 Å². The van der Waals surface area contributed by atoms with Crippen LogP contribution in [0.1, 0.15) is 36.0 Å². The molecule has 0 spiro atoms. The highest BCUT2D eigenvalue weighted by Crippen LogP contribution is 2.24. The van der Waals surface area contributed by atoms with Gasteiger partial charge in [-0.2, -0.15) is 0 Å². The summed E-state index contributed by atoms with van der Waals surface area (Å²) in [5, 5.41) is 4.12. The van der Waals surface area contributed by atoms with Gasteiger partial charge in [-0.3, -0.25) is 4.79 Å². The van der Waals surface area contributed by atoms with Crippen molar-refractivity contribution in [3.63, 3.8) is 0 Å². The van der Waals surface area contributed by atoms with Crippen molar-refractivity contribution in [1.29, 1.82) is 0 Å². The Morgan fingerprint density at radius 3 is 2.61 bits per heavy atom. The Hall–Kier alpha value is -3.12. The molecule has 0 saturated carbocycles. The summed E-state index contributed by atoms with van der Waals surface area (Å²) >= 11 is 0. The van der Waals surface area contributed by atoms with E-state index in [1.54, 1.807) is 13.0 Å². The van der Waals surface area contributed by atoms with Gasteiger partial charge in [0, 0.05) is 42.7 Å². The van der Waals surface area contributed by atoms with Crippen LogP contribution in [0.5, 0.6) is 5.75 Å². The second-order valence-electron chi connectivity index (χ2n) is 8.85. The number of carbonyl (C=O) groups excluding carboxylic acids is 1. The average molecular weight is 449 g/mol.